The zero-order valence-electron chi connectivity index (χ0n) is 9.93. The van der Waals surface area contributed by atoms with Crippen molar-refractivity contribution in [2.24, 2.45) is 0 Å². The molecule has 1 N–H and O–H groups in total. The highest BCUT2D eigenvalue weighted by Crippen LogP contribution is 2.25. The van der Waals surface area contributed by atoms with Crippen LogP contribution in [0.3, 0.4) is 0 Å². The third-order valence-electron chi connectivity index (χ3n) is 2.75. The van der Waals surface area contributed by atoms with Crippen LogP contribution in [-0.2, 0) is 11.3 Å². The van der Waals surface area contributed by atoms with E-state index in [0.29, 0.717) is 16.5 Å². The Hall–Kier alpha value is -0.910. The largest absolute Gasteiger partial charge is 0.391 e. The Bertz CT molecular complexity index is 392. The lowest BCUT2D eigenvalue weighted by Crippen LogP contribution is -2.46. The summed E-state index contributed by atoms with van der Waals surface area (Å²) in [5.41, 5.74) is 0.579. The van der Waals surface area contributed by atoms with E-state index in [-0.39, 0.29) is 18.8 Å². The van der Waals surface area contributed by atoms with E-state index in [9.17, 15) is 5.11 Å². The van der Waals surface area contributed by atoms with Crippen LogP contribution in [0.4, 0.5) is 5.82 Å². The molecule has 1 aromatic rings. The van der Waals surface area contributed by atoms with Gasteiger partial charge in [-0.2, -0.15) is 0 Å². The van der Waals surface area contributed by atoms with Crippen LogP contribution >= 0.6 is 11.6 Å². The molecule has 2 heterocycles. The van der Waals surface area contributed by atoms with Crippen LogP contribution in [-0.4, -0.2) is 40.4 Å². The molecule has 0 saturated carbocycles. The van der Waals surface area contributed by atoms with E-state index >= 15 is 0 Å². The summed E-state index contributed by atoms with van der Waals surface area (Å²) >= 11 is 5.95. The van der Waals surface area contributed by atoms with Crippen molar-refractivity contribution in [2.45, 2.75) is 32.7 Å². The Labute approximate surface area is 105 Å². The fraction of sp³-hybridized carbons (Fsp3) is 0.636. The van der Waals surface area contributed by atoms with Crippen molar-refractivity contribution in [3.63, 3.8) is 0 Å². The molecule has 2 atom stereocenters. The number of hydrogen-bond acceptors (Lipinski definition) is 5. The highest BCUT2D eigenvalue weighted by molar-refractivity contribution is 6.30. The van der Waals surface area contributed by atoms with Gasteiger partial charge in [0.1, 0.15) is 17.3 Å². The Morgan fingerprint density at radius 1 is 1.41 bits per heavy atom. The molecular formula is C11H16ClN3O2. The van der Waals surface area contributed by atoms with Crippen molar-refractivity contribution in [2.75, 3.05) is 18.0 Å². The molecule has 17 heavy (non-hydrogen) atoms. The number of aliphatic hydroxyl groups is 1. The van der Waals surface area contributed by atoms with Crippen molar-refractivity contribution in [1.29, 1.82) is 0 Å². The predicted octanol–water partition coefficient (Wildman–Crippen LogP) is 1.24. The maximum atomic E-state index is 9.34. The van der Waals surface area contributed by atoms with Gasteiger partial charge < -0.3 is 14.7 Å². The summed E-state index contributed by atoms with van der Waals surface area (Å²) < 4.78 is 5.66. The smallest absolute Gasteiger partial charge is 0.140 e. The third kappa shape index (κ3) is 2.68. The lowest BCUT2D eigenvalue weighted by molar-refractivity contribution is -0.00557. The van der Waals surface area contributed by atoms with Gasteiger partial charge in [0.05, 0.1) is 24.4 Å². The number of aliphatic hydroxyl groups excluding tert-OH is 1. The minimum Gasteiger partial charge on any atom is -0.391 e. The number of anilines is 1. The van der Waals surface area contributed by atoms with Crippen LogP contribution in [0, 0.1) is 0 Å². The molecule has 0 bridgehead atoms. The van der Waals surface area contributed by atoms with Crippen molar-refractivity contribution in [3.05, 3.63) is 17.0 Å². The van der Waals surface area contributed by atoms with E-state index < -0.39 is 0 Å². The number of halogens is 1. The minimum atomic E-state index is -0.158. The van der Waals surface area contributed by atoms with Crippen LogP contribution in [0.25, 0.3) is 0 Å². The quantitative estimate of drug-likeness (QED) is 0.808. The summed E-state index contributed by atoms with van der Waals surface area (Å²) in [5.74, 6) is 0.703. The minimum absolute atomic E-state index is 0.138. The molecule has 0 aromatic carbocycles. The average molecular weight is 258 g/mol. The third-order valence-corrected chi connectivity index (χ3v) is 3.07. The zero-order valence-corrected chi connectivity index (χ0v) is 10.7. The van der Waals surface area contributed by atoms with E-state index in [0.717, 1.165) is 13.1 Å². The molecule has 1 aromatic heterocycles. The maximum Gasteiger partial charge on any atom is 0.140 e. The van der Waals surface area contributed by atoms with E-state index in [1.54, 1.807) is 0 Å². The van der Waals surface area contributed by atoms with Gasteiger partial charge in [0.2, 0.25) is 0 Å². The number of hydrogen-bond donors (Lipinski definition) is 1. The molecule has 0 aliphatic carbocycles. The molecule has 2 rings (SSSR count). The van der Waals surface area contributed by atoms with Crippen LogP contribution in [0.1, 0.15) is 19.4 Å². The first-order chi connectivity index (χ1) is 8.11. The molecule has 94 valence electrons. The van der Waals surface area contributed by atoms with E-state index in [1.807, 2.05) is 13.8 Å². The summed E-state index contributed by atoms with van der Waals surface area (Å²) in [7, 11) is 0. The van der Waals surface area contributed by atoms with E-state index in [2.05, 4.69) is 14.9 Å². The second-order valence-corrected chi connectivity index (χ2v) is 4.65. The van der Waals surface area contributed by atoms with Crippen LogP contribution in [0.15, 0.2) is 6.33 Å². The fourth-order valence-corrected chi connectivity index (χ4v) is 2.33. The standard InChI is InChI=1S/C11H16ClN3O2/c1-7-3-15(4-8(2)17-7)11-9(5-16)10(12)13-6-14-11/h6-8,16H,3-5H2,1-2H3. The first kappa shape index (κ1) is 12.5. The molecule has 0 amide bonds. The van der Waals surface area contributed by atoms with Crippen LogP contribution < -0.4 is 4.90 Å². The predicted molar refractivity (Wildman–Crippen MR) is 65.2 cm³/mol. The fourth-order valence-electron chi connectivity index (χ4n) is 2.14. The number of rotatable bonds is 2. The highest BCUT2D eigenvalue weighted by Gasteiger charge is 2.25. The van der Waals surface area contributed by atoms with Gasteiger partial charge in [0, 0.05) is 13.1 Å². The molecule has 6 heteroatoms. The van der Waals surface area contributed by atoms with Gasteiger partial charge in [-0.15, -0.1) is 0 Å². The monoisotopic (exact) mass is 257 g/mol. The summed E-state index contributed by atoms with van der Waals surface area (Å²) in [4.78, 5) is 10.2. The second kappa shape index (κ2) is 5.16. The molecule has 5 nitrogen and oxygen atoms in total. The molecule has 2 unspecified atom stereocenters. The lowest BCUT2D eigenvalue weighted by Gasteiger charge is -2.36. The Kier molecular flexibility index (Phi) is 3.81. The van der Waals surface area contributed by atoms with E-state index in [4.69, 9.17) is 16.3 Å². The SMILES string of the molecule is CC1CN(c2ncnc(Cl)c2CO)CC(C)O1. The summed E-state index contributed by atoms with van der Waals surface area (Å²) in [5, 5.41) is 9.65. The number of ether oxygens (including phenoxy) is 1. The first-order valence-corrected chi connectivity index (χ1v) is 6.00. The molecule has 1 aliphatic heterocycles. The van der Waals surface area contributed by atoms with Crippen molar-refractivity contribution >= 4 is 17.4 Å². The topological polar surface area (TPSA) is 58.5 Å². The van der Waals surface area contributed by atoms with Gasteiger partial charge in [-0.3, -0.25) is 0 Å². The van der Waals surface area contributed by atoms with Crippen LogP contribution in [0.5, 0.6) is 0 Å². The van der Waals surface area contributed by atoms with E-state index in [1.165, 1.54) is 6.33 Å². The number of morpholine rings is 1. The molecule has 1 fully saturated rings. The zero-order chi connectivity index (χ0) is 12.4. The van der Waals surface area contributed by atoms with Crippen molar-refractivity contribution in [1.82, 2.24) is 9.97 Å². The average Bonchev–Trinajstić information content (AvgIpc) is 2.27. The molecule has 1 saturated heterocycles. The molecule has 1 aliphatic rings. The second-order valence-electron chi connectivity index (χ2n) is 4.29. The van der Waals surface area contributed by atoms with Crippen molar-refractivity contribution < 1.29 is 9.84 Å². The number of nitrogens with zero attached hydrogens (tertiary/aromatic N) is 3. The highest BCUT2D eigenvalue weighted by atomic mass is 35.5. The van der Waals surface area contributed by atoms with Gasteiger partial charge >= 0.3 is 0 Å². The first-order valence-electron chi connectivity index (χ1n) is 5.62. The maximum absolute atomic E-state index is 9.34. The Morgan fingerprint density at radius 2 is 2.06 bits per heavy atom. The van der Waals surface area contributed by atoms with Crippen molar-refractivity contribution in [3.8, 4) is 0 Å². The molecule has 0 radical (unpaired) electrons. The summed E-state index contributed by atoms with van der Waals surface area (Å²) in [6.45, 7) is 5.36. The summed E-state index contributed by atoms with van der Waals surface area (Å²) in [6, 6.07) is 0. The van der Waals surface area contributed by atoms with Gasteiger partial charge in [-0.05, 0) is 13.8 Å². The number of aromatic nitrogens is 2. The van der Waals surface area contributed by atoms with Gasteiger partial charge in [-0.25, -0.2) is 9.97 Å². The normalized spacial score (nSPS) is 25.1. The van der Waals surface area contributed by atoms with Crippen LogP contribution in [0.2, 0.25) is 5.15 Å². The molecular weight excluding hydrogens is 242 g/mol. The summed E-state index contributed by atoms with van der Waals surface area (Å²) in [6.07, 6.45) is 1.69. The lowest BCUT2D eigenvalue weighted by atomic mass is 10.2. The van der Waals surface area contributed by atoms with Gasteiger partial charge in [-0.1, -0.05) is 11.6 Å². The van der Waals surface area contributed by atoms with Gasteiger partial charge in [0.15, 0.2) is 0 Å². The Morgan fingerprint density at radius 3 is 2.65 bits per heavy atom. The van der Waals surface area contributed by atoms with Gasteiger partial charge in [0.25, 0.3) is 0 Å². The Balaban J connectivity index is 2.30. The molecule has 0 spiro atoms.